The minimum absolute atomic E-state index is 0.882. The van der Waals surface area contributed by atoms with Crippen molar-refractivity contribution in [2.24, 2.45) is 0 Å². The van der Waals surface area contributed by atoms with Gasteiger partial charge in [-0.15, -0.1) is 0 Å². The highest BCUT2D eigenvalue weighted by molar-refractivity contribution is 5.14. The summed E-state index contributed by atoms with van der Waals surface area (Å²) in [6, 6.07) is 14.6. The Labute approximate surface area is 115 Å². The molecular formula is C16H21N3. The van der Waals surface area contributed by atoms with Crippen LogP contribution in [0.15, 0.2) is 54.9 Å². The number of hydrogen-bond acceptors (Lipinski definition) is 3. The molecule has 1 N–H and O–H groups in total. The van der Waals surface area contributed by atoms with Crippen LogP contribution in [0, 0.1) is 0 Å². The molecule has 0 aliphatic carbocycles. The van der Waals surface area contributed by atoms with E-state index in [1.54, 1.807) is 6.20 Å². The molecular weight excluding hydrogens is 234 g/mol. The minimum Gasteiger partial charge on any atom is -0.311 e. The van der Waals surface area contributed by atoms with E-state index in [4.69, 9.17) is 0 Å². The first-order valence-electron chi connectivity index (χ1n) is 6.66. The third-order valence-electron chi connectivity index (χ3n) is 3.02. The molecule has 0 spiro atoms. The standard InChI is InChI=1S/C16H21N3/c1-19(14-15-6-3-2-4-7-15)11-10-18-13-16-8-5-9-17-12-16/h2-9,12,18H,10-11,13-14H2,1H3. The first-order chi connectivity index (χ1) is 9.34. The number of nitrogens with zero attached hydrogens (tertiary/aromatic N) is 2. The first kappa shape index (κ1) is 13.7. The molecule has 3 heteroatoms. The lowest BCUT2D eigenvalue weighted by Crippen LogP contribution is -2.28. The Bertz CT molecular complexity index is 456. The normalized spacial score (nSPS) is 10.8. The number of benzene rings is 1. The molecule has 0 saturated heterocycles. The van der Waals surface area contributed by atoms with Crippen molar-refractivity contribution in [1.29, 1.82) is 0 Å². The fourth-order valence-electron chi connectivity index (χ4n) is 1.98. The van der Waals surface area contributed by atoms with Gasteiger partial charge in [0.05, 0.1) is 0 Å². The molecule has 0 fully saturated rings. The second-order valence-corrected chi connectivity index (χ2v) is 4.76. The van der Waals surface area contributed by atoms with Crippen molar-refractivity contribution < 1.29 is 0 Å². The fraction of sp³-hybridized carbons (Fsp3) is 0.312. The Hall–Kier alpha value is -1.71. The summed E-state index contributed by atoms with van der Waals surface area (Å²) in [6.45, 7) is 3.90. The molecule has 19 heavy (non-hydrogen) atoms. The van der Waals surface area contributed by atoms with Gasteiger partial charge in [0.15, 0.2) is 0 Å². The van der Waals surface area contributed by atoms with Crippen molar-refractivity contribution in [1.82, 2.24) is 15.2 Å². The van der Waals surface area contributed by atoms with Crippen molar-refractivity contribution >= 4 is 0 Å². The van der Waals surface area contributed by atoms with E-state index in [0.717, 1.165) is 26.2 Å². The number of rotatable bonds is 7. The third kappa shape index (κ3) is 5.20. The quantitative estimate of drug-likeness (QED) is 0.770. The number of hydrogen-bond donors (Lipinski definition) is 1. The van der Waals surface area contributed by atoms with E-state index in [1.807, 2.05) is 12.3 Å². The van der Waals surface area contributed by atoms with Crippen molar-refractivity contribution in [2.45, 2.75) is 13.1 Å². The summed E-state index contributed by atoms with van der Waals surface area (Å²) in [5, 5.41) is 3.44. The Kier molecular flexibility index (Phi) is 5.53. The predicted molar refractivity (Wildman–Crippen MR) is 78.7 cm³/mol. The number of nitrogens with one attached hydrogen (secondary N) is 1. The zero-order valence-electron chi connectivity index (χ0n) is 11.4. The van der Waals surface area contributed by atoms with Gasteiger partial charge in [0.1, 0.15) is 0 Å². The van der Waals surface area contributed by atoms with Gasteiger partial charge in [-0.2, -0.15) is 0 Å². The maximum atomic E-state index is 4.10. The van der Waals surface area contributed by atoms with E-state index >= 15 is 0 Å². The van der Waals surface area contributed by atoms with Crippen molar-refractivity contribution in [2.75, 3.05) is 20.1 Å². The van der Waals surface area contributed by atoms with Gasteiger partial charge in [0.25, 0.3) is 0 Å². The second kappa shape index (κ2) is 7.67. The summed E-state index contributed by atoms with van der Waals surface area (Å²) >= 11 is 0. The van der Waals surface area contributed by atoms with Gasteiger partial charge >= 0.3 is 0 Å². The van der Waals surface area contributed by atoms with Gasteiger partial charge in [-0.05, 0) is 24.2 Å². The van der Waals surface area contributed by atoms with Crippen molar-refractivity contribution in [3.05, 3.63) is 66.0 Å². The summed E-state index contributed by atoms with van der Waals surface area (Å²) in [6.07, 6.45) is 3.71. The van der Waals surface area contributed by atoms with Crippen LogP contribution in [0.25, 0.3) is 0 Å². The number of aromatic nitrogens is 1. The molecule has 0 radical (unpaired) electrons. The average molecular weight is 255 g/mol. The smallest absolute Gasteiger partial charge is 0.0312 e. The molecule has 0 aliphatic rings. The average Bonchev–Trinajstić information content (AvgIpc) is 2.46. The summed E-state index contributed by atoms with van der Waals surface area (Å²) in [4.78, 5) is 6.43. The van der Waals surface area contributed by atoms with Crippen LogP contribution in [0.2, 0.25) is 0 Å². The lowest BCUT2D eigenvalue weighted by atomic mass is 10.2. The van der Waals surface area contributed by atoms with Gasteiger partial charge in [-0.3, -0.25) is 4.98 Å². The Morgan fingerprint density at radius 2 is 1.84 bits per heavy atom. The Morgan fingerprint density at radius 1 is 1.05 bits per heavy atom. The molecule has 2 aromatic rings. The highest BCUT2D eigenvalue weighted by Crippen LogP contribution is 2.01. The summed E-state index contributed by atoms with van der Waals surface area (Å²) < 4.78 is 0. The van der Waals surface area contributed by atoms with Gasteiger partial charge < -0.3 is 10.2 Å². The van der Waals surface area contributed by atoms with Gasteiger partial charge in [-0.25, -0.2) is 0 Å². The maximum absolute atomic E-state index is 4.10. The molecule has 0 atom stereocenters. The summed E-state index contributed by atoms with van der Waals surface area (Å²) in [5.74, 6) is 0. The lowest BCUT2D eigenvalue weighted by Gasteiger charge is -2.17. The maximum Gasteiger partial charge on any atom is 0.0312 e. The predicted octanol–water partition coefficient (Wildman–Crippen LogP) is 2.30. The van der Waals surface area contributed by atoms with E-state index in [2.05, 4.69) is 58.6 Å². The van der Waals surface area contributed by atoms with Gasteiger partial charge in [0.2, 0.25) is 0 Å². The van der Waals surface area contributed by atoms with E-state index in [0.29, 0.717) is 0 Å². The number of pyridine rings is 1. The minimum atomic E-state index is 0.882. The summed E-state index contributed by atoms with van der Waals surface area (Å²) in [5.41, 5.74) is 2.59. The van der Waals surface area contributed by atoms with E-state index in [9.17, 15) is 0 Å². The van der Waals surface area contributed by atoms with Crippen LogP contribution in [0.3, 0.4) is 0 Å². The largest absolute Gasteiger partial charge is 0.311 e. The van der Waals surface area contributed by atoms with Gasteiger partial charge in [0, 0.05) is 38.6 Å². The topological polar surface area (TPSA) is 28.2 Å². The summed E-state index contributed by atoms with van der Waals surface area (Å²) in [7, 11) is 2.15. The van der Waals surface area contributed by atoms with Crippen LogP contribution in [0.5, 0.6) is 0 Å². The Balaban J connectivity index is 1.63. The first-order valence-corrected chi connectivity index (χ1v) is 6.66. The van der Waals surface area contributed by atoms with E-state index < -0.39 is 0 Å². The van der Waals surface area contributed by atoms with Gasteiger partial charge in [-0.1, -0.05) is 36.4 Å². The molecule has 1 aromatic carbocycles. The lowest BCUT2D eigenvalue weighted by molar-refractivity contribution is 0.324. The zero-order chi connectivity index (χ0) is 13.3. The molecule has 0 saturated carbocycles. The van der Waals surface area contributed by atoms with Crippen LogP contribution in [-0.2, 0) is 13.1 Å². The number of likely N-dealkylation sites (N-methyl/N-ethyl adjacent to an activating group) is 1. The highest BCUT2D eigenvalue weighted by Gasteiger charge is 1.99. The molecule has 0 bridgehead atoms. The highest BCUT2D eigenvalue weighted by atomic mass is 15.1. The van der Waals surface area contributed by atoms with Crippen molar-refractivity contribution in [3.63, 3.8) is 0 Å². The molecule has 100 valence electrons. The van der Waals surface area contributed by atoms with E-state index in [-0.39, 0.29) is 0 Å². The monoisotopic (exact) mass is 255 g/mol. The molecule has 0 aliphatic heterocycles. The molecule has 3 nitrogen and oxygen atoms in total. The van der Waals surface area contributed by atoms with Crippen LogP contribution < -0.4 is 5.32 Å². The third-order valence-corrected chi connectivity index (χ3v) is 3.02. The molecule has 0 amide bonds. The fourth-order valence-corrected chi connectivity index (χ4v) is 1.98. The van der Waals surface area contributed by atoms with Crippen molar-refractivity contribution in [3.8, 4) is 0 Å². The molecule has 2 rings (SSSR count). The van der Waals surface area contributed by atoms with E-state index in [1.165, 1.54) is 11.1 Å². The van der Waals surface area contributed by atoms with Crippen LogP contribution >= 0.6 is 0 Å². The molecule has 1 aromatic heterocycles. The van der Waals surface area contributed by atoms with Crippen LogP contribution in [-0.4, -0.2) is 30.0 Å². The second-order valence-electron chi connectivity index (χ2n) is 4.76. The van der Waals surface area contributed by atoms with Crippen LogP contribution in [0.4, 0.5) is 0 Å². The Morgan fingerprint density at radius 3 is 2.58 bits per heavy atom. The zero-order valence-corrected chi connectivity index (χ0v) is 11.4. The SMILES string of the molecule is CN(CCNCc1cccnc1)Cc1ccccc1. The molecule has 0 unspecified atom stereocenters. The van der Waals surface area contributed by atoms with Crippen LogP contribution in [0.1, 0.15) is 11.1 Å². The molecule has 1 heterocycles.